The maximum absolute atomic E-state index is 11.9. The van der Waals surface area contributed by atoms with Gasteiger partial charge in [0.05, 0.1) is 18.7 Å². The van der Waals surface area contributed by atoms with Gasteiger partial charge in [0, 0.05) is 11.4 Å². The molecule has 0 aliphatic heterocycles. The lowest BCUT2D eigenvalue weighted by Crippen LogP contribution is -2.37. The molecule has 0 saturated carbocycles. The highest BCUT2D eigenvalue weighted by Gasteiger charge is 2.18. The van der Waals surface area contributed by atoms with Crippen LogP contribution in [0.5, 0.6) is 0 Å². The number of rotatable bonds is 6. The number of hydrogen-bond acceptors (Lipinski definition) is 4. The molecule has 2 amide bonds. The third-order valence-electron chi connectivity index (χ3n) is 3.30. The Morgan fingerprint density at radius 2 is 2.14 bits per heavy atom. The van der Waals surface area contributed by atoms with Gasteiger partial charge in [-0.25, -0.2) is 4.79 Å². The van der Waals surface area contributed by atoms with E-state index >= 15 is 0 Å². The topological polar surface area (TPSA) is 54.3 Å². The largest absolute Gasteiger partial charge is 0.469 e. The summed E-state index contributed by atoms with van der Waals surface area (Å²) in [4.78, 5) is 13.1. The average molecular weight is 332 g/mol. The third-order valence-corrected chi connectivity index (χ3v) is 4.88. The van der Waals surface area contributed by atoms with E-state index in [0.29, 0.717) is 13.1 Å². The van der Waals surface area contributed by atoms with E-state index in [2.05, 4.69) is 22.1 Å². The summed E-state index contributed by atoms with van der Waals surface area (Å²) in [5.74, 6) is 0.894. The van der Waals surface area contributed by atoms with Gasteiger partial charge in [-0.05, 0) is 46.0 Å². The number of furan rings is 1. The van der Waals surface area contributed by atoms with Crippen LogP contribution in [0.4, 0.5) is 4.79 Å². The van der Waals surface area contributed by atoms with Gasteiger partial charge >= 0.3 is 6.03 Å². The van der Waals surface area contributed by atoms with Gasteiger partial charge < -0.3 is 15.1 Å². The normalized spacial score (nSPS) is 12.0. The lowest BCUT2D eigenvalue weighted by atomic mass is 9.99. The van der Waals surface area contributed by atoms with Crippen LogP contribution in [-0.2, 0) is 6.54 Å². The molecule has 22 heavy (non-hydrogen) atoms. The summed E-state index contributed by atoms with van der Waals surface area (Å²) < 4.78 is 5.51. The van der Waals surface area contributed by atoms with Crippen molar-refractivity contribution in [3.8, 4) is 0 Å². The minimum absolute atomic E-state index is 0.0359. The number of hydrogen-bond donors (Lipinski definition) is 2. The molecule has 0 fully saturated rings. The molecule has 0 aromatic carbocycles. The fourth-order valence-corrected chi connectivity index (χ4v) is 3.54. The van der Waals surface area contributed by atoms with Crippen LogP contribution in [-0.4, -0.2) is 12.6 Å². The van der Waals surface area contributed by atoms with E-state index in [1.165, 1.54) is 0 Å². The van der Waals surface area contributed by atoms with Crippen LogP contribution in [0.1, 0.15) is 22.1 Å². The predicted octanol–water partition coefficient (Wildman–Crippen LogP) is 4.03. The second kappa shape index (κ2) is 7.29. The predicted molar refractivity (Wildman–Crippen MR) is 89.4 cm³/mol. The molecule has 0 radical (unpaired) electrons. The number of carbonyl (C=O) groups is 1. The van der Waals surface area contributed by atoms with E-state index in [4.69, 9.17) is 4.42 Å². The first-order chi connectivity index (χ1) is 10.8. The van der Waals surface area contributed by atoms with Crippen LogP contribution >= 0.6 is 22.7 Å². The highest BCUT2D eigenvalue weighted by atomic mass is 32.1. The zero-order chi connectivity index (χ0) is 15.2. The molecule has 3 aromatic heterocycles. The van der Waals surface area contributed by atoms with Gasteiger partial charge in [-0.2, -0.15) is 11.3 Å². The number of thiophene rings is 2. The van der Waals surface area contributed by atoms with Crippen molar-refractivity contribution in [1.29, 1.82) is 0 Å². The standard InChI is InChI=1S/C16H16N2O2S2/c19-16(17-9-13-3-2-7-22-13)18-10-14(12-5-8-21-11-12)15-4-1-6-20-15/h1-8,11,14H,9-10H2,(H2,17,18,19). The van der Waals surface area contributed by atoms with Crippen LogP contribution in [0.15, 0.2) is 57.2 Å². The number of urea groups is 1. The van der Waals surface area contributed by atoms with E-state index in [-0.39, 0.29) is 11.9 Å². The number of carbonyl (C=O) groups excluding carboxylic acids is 1. The molecule has 0 saturated heterocycles. The molecule has 0 spiro atoms. The molecule has 4 nitrogen and oxygen atoms in total. The molecule has 3 rings (SSSR count). The van der Waals surface area contributed by atoms with E-state index in [1.54, 1.807) is 28.9 Å². The molecular weight excluding hydrogens is 316 g/mol. The van der Waals surface area contributed by atoms with Gasteiger partial charge in [0.15, 0.2) is 0 Å². The van der Waals surface area contributed by atoms with Crippen LogP contribution in [0.2, 0.25) is 0 Å². The van der Waals surface area contributed by atoms with Crippen molar-refractivity contribution >= 4 is 28.7 Å². The highest BCUT2D eigenvalue weighted by Crippen LogP contribution is 2.26. The smallest absolute Gasteiger partial charge is 0.315 e. The van der Waals surface area contributed by atoms with E-state index in [1.807, 2.05) is 35.0 Å². The van der Waals surface area contributed by atoms with Crippen molar-refractivity contribution in [3.05, 3.63) is 68.9 Å². The molecule has 0 bridgehead atoms. The Morgan fingerprint density at radius 1 is 1.18 bits per heavy atom. The van der Waals surface area contributed by atoms with Crippen LogP contribution < -0.4 is 10.6 Å². The Labute approximate surface area is 136 Å². The summed E-state index contributed by atoms with van der Waals surface area (Å²) in [5, 5.41) is 11.9. The highest BCUT2D eigenvalue weighted by molar-refractivity contribution is 7.09. The van der Waals surface area contributed by atoms with Gasteiger partial charge in [-0.15, -0.1) is 11.3 Å². The molecule has 114 valence electrons. The van der Waals surface area contributed by atoms with Crippen molar-refractivity contribution in [3.63, 3.8) is 0 Å². The quantitative estimate of drug-likeness (QED) is 0.716. The maximum Gasteiger partial charge on any atom is 0.315 e. The zero-order valence-corrected chi connectivity index (χ0v) is 13.5. The Balaban J connectivity index is 1.56. The molecule has 3 heterocycles. The van der Waals surface area contributed by atoms with E-state index in [9.17, 15) is 4.79 Å². The summed E-state index contributed by atoms with van der Waals surface area (Å²) in [7, 11) is 0. The van der Waals surface area contributed by atoms with Crippen molar-refractivity contribution < 1.29 is 9.21 Å². The molecular formula is C16H16N2O2S2. The summed E-state index contributed by atoms with van der Waals surface area (Å²) in [6.45, 7) is 1.05. The number of nitrogens with one attached hydrogen (secondary N) is 2. The molecule has 1 atom stereocenters. The first-order valence-corrected chi connectivity index (χ1v) is 8.75. The first kappa shape index (κ1) is 14.9. The summed E-state index contributed by atoms with van der Waals surface area (Å²) in [5.41, 5.74) is 1.15. The molecule has 3 aromatic rings. The van der Waals surface area contributed by atoms with Crippen LogP contribution in [0.25, 0.3) is 0 Å². The average Bonchev–Trinajstić information content (AvgIpc) is 3.27. The van der Waals surface area contributed by atoms with Gasteiger partial charge in [-0.1, -0.05) is 6.07 Å². The molecule has 1 unspecified atom stereocenters. The lowest BCUT2D eigenvalue weighted by molar-refractivity contribution is 0.240. The third kappa shape index (κ3) is 3.78. The molecule has 2 N–H and O–H groups in total. The monoisotopic (exact) mass is 332 g/mol. The second-order valence-electron chi connectivity index (χ2n) is 4.77. The fourth-order valence-electron chi connectivity index (χ4n) is 2.18. The molecule has 0 aliphatic carbocycles. The maximum atomic E-state index is 11.9. The first-order valence-electron chi connectivity index (χ1n) is 6.92. The number of amides is 2. The Kier molecular flexibility index (Phi) is 4.92. The summed E-state index contributed by atoms with van der Waals surface area (Å²) >= 11 is 3.27. The Hall–Kier alpha value is -2.05. The van der Waals surface area contributed by atoms with Crippen molar-refractivity contribution in [2.45, 2.75) is 12.5 Å². The van der Waals surface area contributed by atoms with Crippen LogP contribution in [0, 0.1) is 0 Å². The van der Waals surface area contributed by atoms with Crippen molar-refractivity contribution in [2.75, 3.05) is 6.54 Å². The Morgan fingerprint density at radius 3 is 2.82 bits per heavy atom. The van der Waals surface area contributed by atoms with Gasteiger partial charge in [-0.3, -0.25) is 0 Å². The molecule has 0 aliphatic rings. The van der Waals surface area contributed by atoms with E-state index in [0.717, 1.165) is 16.2 Å². The minimum Gasteiger partial charge on any atom is -0.469 e. The zero-order valence-electron chi connectivity index (χ0n) is 11.8. The molecule has 6 heteroatoms. The second-order valence-corrected chi connectivity index (χ2v) is 6.58. The van der Waals surface area contributed by atoms with Gasteiger partial charge in [0.2, 0.25) is 0 Å². The van der Waals surface area contributed by atoms with Crippen molar-refractivity contribution in [1.82, 2.24) is 10.6 Å². The minimum atomic E-state index is -0.166. The fraction of sp³-hybridized carbons (Fsp3) is 0.188. The summed E-state index contributed by atoms with van der Waals surface area (Å²) in [6.07, 6.45) is 1.66. The summed E-state index contributed by atoms with van der Waals surface area (Å²) in [6, 6.07) is 9.67. The van der Waals surface area contributed by atoms with Crippen LogP contribution in [0.3, 0.4) is 0 Å². The van der Waals surface area contributed by atoms with Gasteiger partial charge in [0.25, 0.3) is 0 Å². The lowest BCUT2D eigenvalue weighted by Gasteiger charge is -2.15. The SMILES string of the molecule is O=C(NCc1cccs1)NCC(c1ccsc1)c1ccco1. The van der Waals surface area contributed by atoms with Gasteiger partial charge in [0.1, 0.15) is 5.76 Å². The van der Waals surface area contributed by atoms with Crippen molar-refractivity contribution in [2.24, 2.45) is 0 Å². The Bertz CT molecular complexity index is 642. The van der Waals surface area contributed by atoms with E-state index < -0.39 is 0 Å².